The van der Waals surface area contributed by atoms with Crippen molar-refractivity contribution in [3.63, 3.8) is 0 Å². The summed E-state index contributed by atoms with van der Waals surface area (Å²) in [5.74, 6) is 0.0517. The summed E-state index contributed by atoms with van der Waals surface area (Å²) in [4.78, 5) is 12.2. The largest absolute Gasteiger partial charge is 0.381 e. The number of carbonyl (C=O) groups is 1. The highest BCUT2D eigenvalue weighted by Gasteiger charge is 2.26. The van der Waals surface area contributed by atoms with Crippen molar-refractivity contribution in [1.29, 1.82) is 0 Å². The van der Waals surface area contributed by atoms with Gasteiger partial charge in [-0.3, -0.25) is 4.79 Å². The van der Waals surface area contributed by atoms with Crippen LogP contribution in [-0.2, 0) is 9.53 Å². The summed E-state index contributed by atoms with van der Waals surface area (Å²) in [7, 11) is 0. The zero-order valence-corrected chi connectivity index (χ0v) is 13.5. The van der Waals surface area contributed by atoms with Gasteiger partial charge in [0.2, 0.25) is 5.91 Å². The van der Waals surface area contributed by atoms with Crippen LogP contribution in [0.25, 0.3) is 5.69 Å². The molecule has 0 saturated carbocycles. The van der Waals surface area contributed by atoms with E-state index in [1.807, 2.05) is 36.5 Å². The van der Waals surface area contributed by atoms with Crippen LogP contribution in [0.2, 0.25) is 0 Å². The van der Waals surface area contributed by atoms with E-state index >= 15 is 0 Å². The first-order valence-corrected chi connectivity index (χ1v) is 7.48. The van der Waals surface area contributed by atoms with Crippen LogP contribution < -0.4 is 11.1 Å². The number of nitrogens with two attached hydrogens (primary N) is 1. The Morgan fingerprint density at radius 2 is 2.00 bits per heavy atom. The maximum Gasteiger partial charge on any atom is 0.241 e. The Morgan fingerprint density at radius 3 is 2.61 bits per heavy atom. The summed E-state index contributed by atoms with van der Waals surface area (Å²) in [6.07, 6.45) is 5.27. The van der Waals surface area contributed by atoms with Crippen LogP contribution >= 0.6 is 12.4 Å². The molecular weight excluding hydrogens is 316 g/mol. The summed E-state index contributed by atoms with van der Waals surface area (Å²) >= 11 is 0. The molecular formula is C16H21ClN4O2. The van der Waals surface area contributed by atoms with Crippen LogP contribution in [-0.4, -0.2) is 34.9 Å². The van der Waals surface area contributed by atoms with E-state index in [0.717, 1.165) is 24.2 Å². The fraction of sp³-hybridized carbons (Fsp3) is 0.375. The number of aromatic nitrogens is 2. The standard InChI is InChI=1S/C16H20N4O2.ClH/c17-15(12-6-10-22-11-7-12)16(21)19-13-2-4-14(5-3-13)20-9-1-8-18-20;/h1-5,8-9,12,15H,6-7,10-11,17H2,(H,19,21);1H. The van der Waals surface area contributed by atoms with Gasteiger partial charge in [-0.25, -0.2) is 4.68 Å². The topological polar surface area (TPSA) is 82.2 Å². The zero-order chi connectivity index (χ0) is 15.4. The lowest BCUT2D eigenvalue weighted by molar-refractivity contribution is -0.119. The summed E-state index contributed by atoms with van der Waals surface area (Å²) < 4.78 is 7.06. The van der Waals surface area contributed by atoms with Gasteiger partial charge >= 0.3 is 0 Å². The Balaban J connectivity index is 0.00000192. The fourth-order valence-electron chi connectivity index (χ4n) is 2.63. The number of nitrogens with one attached hydrogen (secondary N) is 1. The van der Waals surface area contributed by atoms with E-state index in [0.29, 0.717) is 13.2 Å². The van der Waals surface area contributed by atoms with Gasteiger partial charge in [-0.2, -0.15) is 5.10 Å². The van der Waals surface area contributed by atoms with Crippen LogP contribution in [0.5, 0.6) is 0 Å². The molecule has 1 atom stereocenters. The van der Waals surface area contributed by atoms with E-state index in [2.05, 4.69) is 10.4 Å². The molecule has 23 heavy (non-hydrogen) atoms. The SMILES string of the molecule is Cl.NC(C(=O)Nc1ccc(-n2cccn2)cc1)C1CCOCC1. The summed E-state index contributed by atoms with van der Waals surface area (Å²) in [5.41, 5.74) is 7.75. The van der Waals surface area contributed by atoms with E-state index in [4.69, 9.17) is 10.5 Å². The van der Waals surface area contributed by atoms with E-state index in [9.17, 15) is 4.79 Å². The normalized spacial score (nSPS) is 16.4. The first kappa shape index (κ1) is 17.5. The fourth-order valence-corrected chi connectivity index (χ4v) is 2.63. The van der Waals surface area contributed by atoms with E-state index in [1.165, 1.54) is 0 Å². The highest BCUT2D eigenvalue weighted by atomic mass is 35.5. The smallest absolute Gasteiger partial charge is 0.241 e. The zero-order valence-electron chi connectivity index (χ0n) is 12.7. The lowest BCUT2D eigenvalue weighted by Gasteiger charge is -2.26. The van der Waals surface area contributed by atoms with Crippen LogP contribution in [0, 0.1) is 5.92 Å². The van der Waals surface area contributed by atoms with Crippen LogP contribution in [0.4, 0.5) is 5.69 Å². The third kappa shape index (κ3) is 4.31. The van der Waals surface area contributed by atoms with Gasteiger partial charge in [0.05, 0.1) is 11.7 Å². The summed E-state index contributed by atoms with van der Waals surface area (Å²) in [6.45, 7) is 1.37. The molecule has 1 amide bonds. The van der Waals surface area contributed by atoms with E-state index in [-0.39, 0.29) is 24.2 Å². The second-order valence-corrected chi connectivity index (χ2v) is 5.46. The van der Waals surface area contributed by atoms with Gasteiger partial charge in [0.25, 0.3) is 0 Å². The second-order valence-electron chi connectivity index (χ2n) is 5.46. The molecule has 1 aromatic carbocycles. The molecule has 3 N–H and O–H groups in total. The lowest BCUT2D eigenvalue weighted by atomic mass is 9.92. The number of ether oxygens (including phenoxy) is 1. The molecule has 1 unspecified atom stereocenters. The van der Waals surface area contributed by atoms with Crippen molar-refractivity contribution in [3.8, 4) is 5.69 Å². The number of halogens is 1. The van der Waals surface area contributed by atoms with Crippen molar-refractivity contribution in [2.24, 2.45) is 11.7 Å². The molecule has 124 valence electrons. The van der Waals surface area contributed by atoms with Crippen LogP contribution in [0.1, 0.15) is 12.8 Å². The Bertz CT molecular complexity index is 610. The molecule has 0 aliphatic carbocycles. The Labute approximate surface area is 141 Å². The quantitative estimate of drug-likeness (QED) is 0.894. The molecule has 2 aromatic rings. The van der Waals surface area contributed by atoms with Gasteiger partial charge in [-0.15, -0.1) is 12.4 Å². The molecule has 0 radical (unpaired) electrons. The lowest BCUT2D eigenvalue weighted by Crippen LogP contribution is -2.43. The van der Waals surface area contributed by atoms with Gasteiger partial charge in [0.1, 0.15) is 0 Å². The summed E-state index contributed by atoms with van der Waals surface area (Å²) in [6, 6.07) is 8.89. The molecule has 6 nitrogen and oxygen atoms in total. The van der Waals surface area contributed by atoms with Crippen molar-refractivity contribution in [2.45, 2.75) is 18.9 Å². The van der Waals surface area contributed by atoms with Crippen molar-refractivity contribution >= 4 is 24.0 Å². The van der Waals surface area contributed by atoms with E-state index < -0.39 is 6.04 Å². The third-order valence-electron chi connectivity index (χ3n) is 3.98. The molecule has 1 aliphatic heterocycles. The molecule has 1 fully saturated rings. The number of hydrogen-bond donors (Lipinski definition) is 2. The number of anilines is 1. The number of amides is 1. The van der Waals surface area contributed by atoms with E-state index in [1.54, 1.807) is 10.9 Å². The maximum atomic E-state index is 12.2. The monoisotopic (exact) mass is 336 g/mol. The number of rotatable bonds is 4. The number of benzene rings is 1. The second kappa shape index (κ2) is 8.10. The molecule has 2 heterocycles. The molecule has 1 saturated heterocycles. The van der Waals surface area contributed by atoms with Crippen LogP contribution in [0.15, 0.2) is 42.7 Å². The molecule has 1 aromatic heterocycles. The van der Waals surface area contributed by atoms with Gasteiger partial charge in [0, 0.05) is 31.3 Å². The molecule has 0 bridgehead atoms. The average Bonchev–Trinajstić information content (AvgIpc) is 3.10. The van der Waals surface area contributed by atoms with Crippen molar-refractivity contribution in [1.82, 2.24) is 9.78 Å². The molecule has 0 spiro atoms. The Hall–Kier alpha value is -1.89. The number of hydrogen-bond acceptors (Lipinski definition) is 4. The van der Waals surface area contributed by atoms with Gasteiger partial charge < -0.3 is 15.8 Å². The summed E-state index contributed by atoms with van der Waals surface area (Å²) in [5, 5.41) is 7.04. The number of carbonyl (C=O) groups excluding carboxylic acids is 1. The Kier molecular flexibility index (Phi) is 6.15. The highest BCUT2D eigenvalue weighted by molar-refractivity contribution is 5.94. The molecule has 3 rings (SSSR count). The highest BCUT2D eigenvalue weighted by Crippen LogP contribution is 2.19. The first-order chi connectivity index (χ1) is 10.7. The third-order valence-corrected chi connectivity index (χ3v) is 3.98. The van der Waals surface area contributed by atoms with Gasteiger partial charge in [-0.1, -0.05) is 0 Å². The Morgan fingerprint density at radius 1 is 1.30 bits per heavy atom. The predicted molar refractivity (Wildman–Crippen MR) is 91.0 cm³/mol. The van der Waals surface area contributed by atoms with Crippen LogP contribution in [0.3, 0.4) is 0 Å². The minimum absolute atomic E-state index is 0. The predicted octanol–water partition coefficient (Wildman–Crippen LogP) is 1.99. The average molecular weight is 337 g/mol. The van der Waals surface area contributed by atoms with Crippen molar-refractivity contribution in [2.75, 3.05) is 18.5 Å². The van der Waals surface area contributed by atoms with Crippen molar-refractivity contribution < 1.29 is 9.53 Å². The van der Waals surface area contributed by atoms with Gasteiger partial charge in [0.15, 0.2) is 0 Å². The van der Waals surface area contributed by atoms with Crippen molar-refractivity contribution in [3.05, 3.63) is 42.7 Å². The number of nitrogens with zero attached hydrogens (tertiary/aromatic N) is 2. The maximum absolute atomic E-state index is 12.2. The molecule has 7 heteroatoms. The first-order valence-electron chi connectivity index (χ1n) is 7.48. The molecule has 1 aliphatic rings. The van der Waals surface area contributed by atoms with Gasteiger partial charge in [-0.05, 0) is 49.1 Å². The minimum Gasteiger partial charge on any atom is -0.381 e. The minimum atomic E-state index is -0.491.